The van der Waals surface area contributed by atoms with E-state index in [4.69, 9.17) is 11.6 Å². The maximum atomic E-state index is 12.9. The van der Waals surface area contributed by atoms with Crippen LogP contribution >= 0.6 is 11.6 Å². The lowest BCUT2D eigenvalue weighted by Gasteiger charge is -2.23. The second-order valence-electron chi connectivity index (χ2n) is 6.06. The van der Waals surface area contributed by atoms with E-state index in [-0.39, 0.29) is 17.7 Å². The molecule has 3 rings (SSSR count). The highest BCUT2D eigenvalue weighted by Gasteiger charge is 2.44. The van der Waals surface area contributed by atoms with Crippen molar-refractivity contribution in [3.05, 3.63) is 59.1 Å². The highest BCUT2D eigenvalue weighted by Crippen LogP contribution is 2.28. The first-order valence-corrected chi connectivity index (χ1v) is 9.81. The summed E-state index contributed by atoms with van der Waals surface area (Å²) in [6, 6.07) is 11.6. The number of aryl methyl sites for hydroxylation is 1. The van der Waals surface area contributed by atoms with Crippen molar-refractivity contribution in [2.75, 3.05) is 5.32 Å². The molecule has 2 aromatic carbocycles. The van der Waals surface area contributed by atoms with Crippen LogP contribution in [0.5, 0.6) is 0 Å². The number of sulfonamides is 1. The molecule has 1 aliphatic heterocycles. The van der Waals surface area contributed by atoms with Crippen molar-refractivity contribution in [1.29, 1.82) is 0 Å². The van der Waals surface area contributed by atoms with Gasteiger partial charge in [-0.1, -0.05) is 35.4 Å². The minimum Gasteiger partial charge on any atom is -0.324 e. The van der Waals surface area contributed by atoms with Gasteiger partial charge in [0.25, 0.3) is 10.0 Å². The fraction of sp³-hybridized carbons (Fsp3) is 0.222. The van der Waals surface area contributed by atoms with Crippen LogP contribution in [-0.2, 0) is 19.6 Å². The third-order valence-electron chi connectivity index (χ3n) is 4.13. The molecule has 0 aromatic heterocycles. The largest absolute Gasteiger partial charge is 0.324 e. The third-order valence-corrected chi connectivity index (χ3v) is 6.21. The highest BCUT2D eigenvalue weighted by molar-refractivity contribution is 7.89. The molecule has 1 aliphatic rings. The second-order valence-corrected chi connectivity index (χ2v) is 8.31. The Hall–Kier alpha value is -2.38. The Bertz CT molecular complexity index is 957. The molecule has 0 spiro atoms. The lowest BCUT2D eigenvalue weighted by Crippen LogP contribution is -2.45. The van der Waals surface area contributed by atoms with Gasteiger partial charge in [-0.05, 0) is 43.7 Å². The number of amides is 2. The van der Waals surface area contributed by atoms with Gasteiger partial charge in [-0.25, -0.2) is 12.7 Å². The molecule has 136 valence electrons. The predicted octanol–water partition coefficient (Wildman–Crippen LogP) is 2.97. The molecular formula is C18H17ClN2O4S. The fourth-order valence-electron chi connectivity index (χ4n) is 2.82. The molecule has 1 heterocycles. The predicted molar refractivity (Wildman–Crippen MR) is 98.3 cm³/mol. The summed E-state index contributed by atoms with van der Waals surface area (Å²) in [5.74, 6) is -1.15. The average Bonchev–Trinajstić information content (AvgIpc) is 2.98. The lowest BCUT2D eigenvalue weighted by atomic mass is 10.2. The number of nitrogens with zero attached hydrogens (tertiary/aromatic N) is 1. The van der Waals surface area contributed by atoms with Gasteiger partial charge in [0.2, 0.25) is 11.8 Å². The van der Waals surface area contributed by atoms with Crippen LogP contribution in [-0.4, -0.2) is 30.6 Å². The Morgan fingerprint density at radius 1 is 1.19 bits per heavy atom. The van der Waals surface area contributed by atoms with E-state index in [0.717, 1.165) is 5.56 Å². The van der Waals surface area contributed by atoms with Gasteiger partial charge in [-0.2, -0.15) is 0 Å². The van der Waals surface area contributed by atoms with Crippen molar-refractivity contribution in [3.8, 4) is 0 Å². The summed E-state index contributed by atoms with van der Waals surface area (Å²) in [6.45, 7) is 1.83. The molecule has 1 N–H and O–H groups in total. The Balaban J connectivity index is 1.88. The molecule has 2 amide bonds. The highest BCUT2D eigenvalue weighted by atomic mass is 35.5. The van der Waals surface area contributed by atoms with E-state index >= 15 is 0 Å². The number of hydrogen-bond acceptors (Lipinski definition) is 4. The number of halogens is 1. The first-order valence-electron chi connectivity index (χ1n) is 7.99. The number of nitrogens with one attached hydrogen (secondary N) is 1. The smallest absolute Gasteiger partial charge is 0.267 e. The molecule has 0 saturated carbocycles. The maximum Gasteiger partial charge on any atom is 0.267 e. The topological polar surface area (TPSA) is 83.6 Å². The van der Waals surface area contributed by atoms with E-state index < -0.39 is 27.9 Å². The van der Waals surface area contributed by atoms with Crippen molar-refractivity contribution in [2.45, 2.75) is 30.7 Å². The molecule has 1 atom stereocenters. The Labute approximate surface area is 156 Å². The van der Waals surface area contributed by atoms with Gasteiger partial charge in [-0.3, -0.25) is 9.59 Å². The molecular weight excluding hydrogens is 376 g/mol. The summed E-state index contributed by atoms with van der Waals surface area (Å²) in [5, 5.41) is 3.07. The Morgan fingerprint density at radius 2 is 1.88 bits per heavy atom. The number of carbonyl (C=O) groups excluding carboxylic acids is 2. The van der Waals surface area contributed by atoms with Crippen molar-refractivity contribution in [3.63, 3.8) is 0 Å². The molecule has 0 bridgehead atoms. The zero-order chi connectivity index (χ0) is 18.9. The van der Waals surface area contributed by atoms with E-state index in [2.05, 4.69) is 5.32 Å². The Morgan fingerprint density at radius 3 is 2.54 bits per heavy atom. The van der Waals surface area contributed by atoms with Crippen molar-refractivity contribution >= 4 is 39.1 Å². The first-order chi connectivity index (χ1) is 12.3. The van der Waals surface area contributed by atoms with Crippen molar-refractivity contribution in [2.24, 2.45) is 0 Å². The monoisotopic (exact) mass is 392 g/mol. The van der Waals surface area contributed by atoms with E-state index in [1.165, 1.54) is 12.1 Å². The zero-order valence-electron chi connectivity index (χ0n) is 14.0. The zero-order valence-corrected chi connectivity index (χ0v) is 15.5. The molecule has 8 heteroatoms. The SMILES string of the molecule is Cc1ccc(S(=O)(=O)N2C(=O)CCC2C(=O)Nc2cccc(Cl)c2)cc1. The van der Waals surface area contributed by atoms with Crippen LogP contribution in [0.1, 0.15) is 18.4 Å². The minimum absolute atomic E-state index is 0.00127. The summed E-state index contributed by atoms with van der Waals surface area (Å²) in [6.07, 6.45) is 0.134. The van der Waals surface area contributed by atoms with Gasteiger partial charge in [0, 0.05) is 17.1 Å². The number of anilines is 1. The summed E-state index contributed by atoms with van der Waals surface area (Å²) in [4.78, 5) is 24.8. The standard InChI is InChI=1S/C18H17ClN2O4S/c1-12-5-7-15(8-6-12)26(24,25)21-16(9-10-17(21)22)18(23)20-14-4-2-3-13(19)11-14/h2-8,11,16H,9-10H2,1H3,(H,20,23). The number of benzene rings is 2. The van der Waals surface area contributed by atoms with Crippen LogP contribution in [0.25, 0.3) is 0 Å². The van der Waals surface area contributed by atoms with Gasteiger partial charge >= 0.3 is 0 Å². The van der Waals surface area contributed by atoms with Crippen LogP contribution in [0.2, 0.25) is 5.02 Å². The van der Waals surface area contributed by atoms with Gasteiger partial charge in [0.05, 0.1) is 4.90 Å². The molecule has 6 nitrogen and oxygen atoms in total. The summed E-state index contributed by atoms with van der Waals surface area (Å²) >= 11 is 5.89. The third kappa shape index (κ3) is 3.59. The molecule has 1 fully saturated rings. The molecule has 0 aliphatic carbocycles. The van der Waals surface area contributed by atoms with Crippen LogP contribution in [0.3, 0.4) is 0 Å². The van der Waals surface area contributed by atoms with Gasteiger partial charge in [-0.15, -0.1) is 0 Å². The summed E-state index contributed by atoms with van der Waals surface area (Å²) < 4.78 is 26.5. The van der Waals surface area contributed by atoms with Crippen LogP contribution in [0, 0.1) is 6.92 Å². The van der Waals surface area contributed by atoms with Gasteiger partial charge < -0.3 is 5.32 Å². The van der Waals surface area contributed by atoms with Gasteiger partial charge in [0.15, 0.2) is 0 Å². The van der Waals surface area contributed by atoms with E-state index in [1.54, 1.807) is 36.4 Å². The average molecular weight is 393 g/mol. The number of hydrogen-bond donors (Lipinski definition) is 1. The van der Waals surface area contributed by atoms with Crippen molar-refractivity contribution in [1.82, 2.24) is 4.31 Å². The van der Waals surface area contributed by atoms with E-state index in [0.29, 0.717) is 15.0 Å². The van der Waals surface area contributed by atoms with Crippen LogP contribution in [0.4, 0.5) is 5.69 Å². The summed E-state index contributed by atoms with van der Waals surface area (Å²) in [5.41, 5.74) is 1.33. The minimum atomic E-state index is -4.10. The fourth-order valence-corrected chi connectivity index (χ4v) is 4.61. The number of carbonyl (C=O) groups is 2. The van der Waals surface area contributed by atoms with E-state index in [1.807, 2.05) is 6.92 Å². The molecule has 0 radical (unpaired) electrons. The van der Waals surface area contributed by atoms with E-state index in [9.17, 15) is 18.0 Å². The Kier molecular flexibility index (Phi) is 5.02. The van der Waals surface area contributed by atoms with Gasteiger partial charge in [0.1, 0.15) is 6.04 Å². The quantitative estimate of drug-likeness (QED) is 0.867. The normalized spacial score (nSPS) is 17.4. The molecule has 1 unspecified atom stereocenters. The van der Waals surface area contributed by atoms with Crippen molar-refractivity contribution < 1.29 is 18.0 Å². The molecule has 26 heavy (non-hydrogen) atoms. The maximum absolute atomic E-state index is 12.9. The van der Waals surface area contributed by atoms with Crippen LogP contribution < -0.4 is 5.32 Å². The molecule has 2 aromatic rings. The lowest BCUT2D eigenvalue weighted by molar-refractivity contribution is -0.128. The second kappa shape index (κ2) is 7.09. The number of rotatable bonds is 4. The van der Waals surface area contributed by atoms with Crippen LogP contribution in [0.15, 0.2) is 53.4 Å². The first kappa shape index (κ1) is 18.4. The molecule has 1 saturated heterocycles. The summed E-state index contributed by atoms with van der Waals surface area (Å²) in [7, 11) is -4.10.